The summed E-state index contributed by atoms with van der Waals surface area (Å²) in [6.45, 7) is 1.38. The number of hydrogen-bond acceptors (Lipinski definition) is 2. The second kappa shape index (κ2) is 5.35. The van der Waals surface area contributed by atoms with Crippen LogP contribution in [-0.2, 0) is 4.79 Å². The Morgan fingerprint density at radius 1 is 1.27 bits per heavy atom. The summed E-state index contributed by atoms with van der Waals surface area (Å²) in [4.78, 5) is 10.4. The molecule has 0 saturated carbocycles. The van der Waals surface area contributed by atoms with E-state index < -0.39 is 0 Å². The summed E-state index contributed by atoms with van der Waals surface area (Å²) in [5.41, 5.74) is 0. The first-order valence-electron chi connectivity index (χ1n) is 3.02. The fourth-order valence-corrected chi connectivity index (χ4v) is 0.655. The van der Waals surface area contributed by atoms with Gasteiger partial charge in [0.05, 0.1) is 0 Å². The molecule has 52 valence electrons. The van der Waals surface area contributed by atoms with Gasteiger partial charge in [0.1, 0.15) is 5.75 Å². The van der Waals surface area contributed by atoms with Crippen LogP contribution in [0.15, 0.2) is 30.3 Å². The quantitative estimate of drug-likeness (QED) is 0.287. The van der Waals surface area contributed by atoms with Crippen LogP contribution in [0.1, 0.15) is 6.92 Å². The normalized spacial score (nSPS) is 8.09. The van der Waals surface area contributed by atoms with Crippen LogP contribution in [0.5, 0.6) is 5.75 Å². The molecule has 0 amide bonds. The third-order valence-corrected chi connectivity index (χ3v) is 1.00. The summed E-state index contributed by atoms with van der Waals surface area (Å²) in [5, 5.41) is 0. The summed E-state index contributed by atoms with van der Waals surface area (Å²) in [6, 6.07) is 8.98. The van der Waals surface area contributed by atoms with Gasteiger partial charge in [0, 0.05) is 6.92 Å². The van der Waals surface area contributed by atoms with Crippen molar-refractivity contribution >= 4 is 5.97 Å². The minimum Gasteiger partial charge on any atom is -0.427 e. The number of carbonyl (C=O) groups is 1. The first-order chi connectivity index (χ1) is 4.79. The average Bonchev–Trinajstić information content (AvgIpc) is 1.88. The molecule has 1 aromatic carbocycles. The summed E-state index contributed by atoms with van der Waals surface area (Å²) >= 11 is 0. The van der Waals surface area contributed by atoms with Crippen molar-refractivity contribution in [2.24, 2.45) is 0 Å². The molecule has 0 N–H and O–H groups in total. The largest absolute Gasteiger partial charge is 1.00 e. The molecule has 2 nitrogen and oxygen atoms in total. The Morgan fingerprint density at radius 3 is 2.27 bits per heavy atom. The summed E-state index contributed by atoms with van der Waals surface area (Å²) < 4.78 is 4.78. The Bertz CT molecular complexity index is 221. The van der Waals surface area contributed by atoms with Crippen LogP contribution in [0.3, 0.4) is 0 Å². The molecule has 1 rings (SSSR count). The van der Waals surface area contributed by atoms with Gasteiger partial charge in [0.25, 0.3) is 0 Å². The molecule has 0 spiro atoms. The second-order valence-electron chi connectivity index (χ2n) is 1.91. The van der Waals surface area contributed by atoms with Gasteiger partial charge < -0.3 is 4.74 Å². The summed E-state index contributed by atoms with van der Waals surface area (Å²) in [7, 11) is 0. The molecular formula is C8H8NaO2+. The SMILES string of the molecule is CC(=O)Oc1ccccc1.[Na+]. The van der Waals surface area contributed by atoms with Crippen LogP contribution in [0, 0.1) is 0 Å². The van der Waals surface area contributed by atoms with Gasteiger partial charge in [-0.15, -0.1) is 0 Å². The number of benzene rings is 1. The van der Waals surface area contributed by atoms with Gasteiger partial charge in [0.2, 0.25) is 0 Å². The van der Waals surface area contributed by atoms with Crippen molar-refractivity contribution in [3.8, 4) is 5.75 Å². The molecule has 0 radical (unpaired) electrons. The minimum absolute atomic E-state index is 0. The van der Waals surface area contributed by atoms with Gasteiger partial charge >= 0.3 is 35.5 Å². The van der Waals surface area contributed by atoms with Crippen molar-refractivity contribution < 1.29 is 39.1 Å². The first-order valence-corrected chi connectivity index (χ1v) is 3.02. The molecular weight excluding hydrogens is 151 g/mol. The van der Waals surface area contributed by atoms with Crippen LogP contribution in [-0.4, -0.2) is 5.97 Å². The molecule has 0 bridgehead atoms. The predicted octanol–water partition coefficient (Wildman–Crippen LogP) is -1.38. The van der Waals surface area contributed by atoms with Crippen LogP contribution in [0.25, 0.3) is 0 Å². The molecule has 0 aromatic heterocycles. The molecule has 0 aliphatic carbocycles. The van der Waals surface area contributed by atoms with Crippen LogP contribution in [0.2, 0.25) is 0 Å². The maximum atomic E-state index is 10.4. The van der Waals surface area contributed by atoms with Gasteiger partial charge in [-0.2, -0.15) is 0 Å². The van der Waals surface area contributed by atoms with Gasteiger partial charge in [-0.05, 0) is 12.1 Å². The molecule has 0 aliphatic heterocycles. The van der Waals surface area contributed by atoms with Crippen molar-refractivity contribution in [3.63, 3.8) is 0 Å². The zero-order valence-corrected chi connectivity index (χ0v) is 8.70. The topological polar surface area (TPSA) is 26.3 Å². The minimum atomic E-state index is -0.286. The summed E-state index contributed by atoms with van der Waals surface area (Å²) in [6.07, 6.45) is 0. The predicted molar refractivity (Wildman–Crippen MR) is 37.8 cm³/mol. The zero-order valence-electron chi connectivity index (χ0n) is 6.70. The first kappa shape index (κ1) is 10.7. The van der Waals surface area contributed by atoms with Gasteiger partial charge in [-0.25, -0.2) is 0 Å². The Morgan fingerprint density at radius 2 is 1.82 bits per heavy atom. The Balaban J connectivity index is 0.000001000. The number of esters is 1. The van der Waals surface area contributed by atoms with Gasteiger partial charge in [-0.1, -0.05) is 18.2 Å². The van der Waals surface area contributed by atoms with E-state index in [2.05, 4.69) is 0 Å². The van der Waals surface area contributed by atoms with E-state index in [4.69, 9.17) is 4.74 Å². The van der Waals surface area contributed by atoms with Crippen molar-refractivity contribution in [3.05, 3.63) is 30.3 Å². The zero-order chi connectivity index (χ0) is 7.40. The molecule has 11 heavy (non-hydrogen) atoms. The van der Waals surface area contributed by atoms with Crippen molar-refractivity contribution in [2.45, 2.75) is 6.92 Å². The van der Waals surface area contributed by atoms with Crippen LogP contribution >= 0.6 is 0 Å². The molecule has 0 fully saturated rings. The third-order valence-electron chi connectivity index (χ3n) is 1.00. The van der Waals surface area contributed by atoms with Crippen LogP contribution in [0.4, 0.5) is 0 Å². The molecule has 0 heterocycles. The fourth-order valence-electron chi connectivity index (χ4n) is 0.655. The van der Waals surface area contributed by atoms with E-state index in [1.807, 2.05) is 18.2 Å². The smallest absolute Gasteiger partial charge is 0.427 e. The van der Waals surface area contributed by atoms with Gasteiger partial charge in [0.15, 0.2) is 0 Å². The Labute approximate surface area is 87.8 Å². The summed E-state index contributed by atoms with van der Waals surface area (Å²) in [5.74, 6) is 0.307. The van der Waals surface area contributed by atoms with Gasteiger partial charge in [-0.3, -0.25) is 4.79 Å². The fraction of sp³-hybridized carbons (Fsp3) is 0.125. The van der Waals surface area contributed by atoms with E-state index >= 15 is 0 Å². The monoisotopic (exact) mass is 159 g/mol. The number of hydrogen-bond donors (Lipinski definition) is 0. The Hall–Kier alpha value is -0.310. The standard InChI is InChI=1S/C8H8O2.Na/c1-7(9)10-8-5-3-2-4-6-8;/h2-6H,1H3;/q;+1. The maximum Gasteiger partial charge on any atom is 1.00 e. The molecule has 0 saturated heterocycles. The van der Waals surface area contributed by atoms with E-state index in [1.54, 1.807) is 12.1 Å². The van der Waals surface area contributed by atoms with Crippen LogP contribution < -0.4 is 34.3 Å². The molecule has 3 heteroatoms. The maximum absolute atomic E-state index is 10.4. The average molecular weight is 159 g/mol. The molecule has 1 aromatic rings. The second-order valence-corrected chi connectivity index (χ2v) is 1.91. The molecule has 0 unspecified atom stereocenters. The van der Waals surface area contributed by atoms with E-state index in [0.29, 0.717) is 5.75 Å². The van der Waals surface area contributed by atoms with E-state index in [-0.39, 0.29) is 35.5 Å². The van der Waals surface area contributed by atoms with E-state index in [0.717, 1.165) is 0 Å². The Kier molecular flexibility index (Phi) is 5.20. The molecule has 0 atom stereocenters. The van der Waals surface area contributed by atoms with Crippen molar-refractivity contribution in [1.82, 2.24) is 0 Å². The van der Waals surface area contributed by atoms with E-state index in [9.17, 15) is 4.79 Å². The van der Waals surface area contributed by atoms with Crippen molar-refractivity contribution in [1.29, 1.82) is 0 Å². The number of ether oxygens (including phenoxy) is 1. The number of rotatable bonds is 1. The number of para-hydroxylation sites is 1. The van der Waals surface area contributed by atoms with E-state index in [1.165, 1.54) is 6.92 Å². The third kappa shape index (κ3) is 4.19. The number of carbonyl (C=O) groups excluding carboxylic acids is 1. The molecule has 0 aliphatic rings. The van der Waals surface area contributed by atoms with Crippen molar-refractivity contribution in [2.75, 3.05) is 0 Å².